The summed E-state index contributed by atoms with van der Waals surface area (Å²) < 4.78 is 1.82. The molecule has 3 aromatic rings. The summed E-state index contributed by atoms with van der Waals surface area (Å²) in [7, 11) is 2.04. The van der Waals surface area contributed by atoms with Crippen LogP contribution in [0.3, 0.4) is 0 Å². The van der Waals surface area contributed by atoms with Crippen LogP contribution in [0.1, 0.15) is 34.7 Å². The van der Waals surface area contributed by atoms with Crippen LogP contribution in [0.5, 0.6) is 0 Å². The molecule has 6 heteroatoms. The van der Waals surface area contributed by atoms with Crippen molar-refractivity contribution in [3.63, 3.8) is 0 Å². The zero-order valence-corrected chi connectivity index (χ0v) is 15.7. The smallest absolute Gasteiger partial charge is 0.259 e. The van der Waals surface area contributed by atoms with Crippen LogP contribution in [0.25, 0.3) is 4.96 Å². The Labute approximate surface area is 155 Å². The first-order valence-electron chi connectivity index (χ1n) is 8.56. The lowest BCUT2D eigenvalue weighted by molar-refractivity contribution is 0.315. The molecule has 4 rings (SSSR count). The highest BCUT2D eigenvalue weighted by atomic mass is 35.5. The average Bonchev–Trinajstić information content (AvgIpc) is 2.95. The highest BCUT2D eigenvalue weighted by Crippen LogP contribution is 2.28. The Balaban J connectivity index is 1.57. The van der Waals surface area contributed by atoms with Crippen LogP contribution in [0.4, 0.5) is 0 Å². The number of aromatic nitrogens is 2. The van der Waals surface area contributed by atoms with Crippen LogP contribution >= 0.6 is 22.9 Å². The molecular weight excluding hydrogens is 354 g/mol. The number of thiazole rings is 1. The normalized spacial score (nSPS) is 14.2. The van der Waals surface area contributed by atoms with E-state index >= 15 is 0 Å². The molecule has 0 atom stereocenters. The van der Waals surface area contributed by atoms with Crippen molar-refractivity contribution >= 4 is 27.9 Å². The van der Waals surface area contributed by atoms with Gasteiger partial charge in [-0.2, -0.15) is 0 Å². The van der Waals surface area contributed by atoms with Gasteiger partial charge >= 0.3 is 0 Å². The standard InChI is InChI=1S/C19H20ClN3OS/c1-22(11-13-6-8-14(20)9-7-13)12-15-10-18(24)23-16-4-2-3-5-17(16)25-19(23)21-15/h6-10H,2-5,11-12H2,1H3. The van der Waals surface area contributed by atoms with Gasteiger partial charge in [0.15, 0.2) is 4.96 Å². The lowest BCUT2D eigenvalue weighted by Crippen LogP contribution is -2.22. The SMILES string of the molecule is CN(Cc1ccc(Cl)cc1)Cc1cc(=O)n2c3c(sc2n1)CCCC3. The van der Waals surface area contributed by atoms with Crippen LogP contribution in [-0.2, 0) is 25.9 Å². The van der Waals surface area contributed by atoms with Crippen LogP contribution in [0.2, 0.25) is 5.02 Å². The van der Waals surface area contributed by atoms with Gasteiger partial charge in [-0.05, 0) is 50.4 Å². The lowest BCUT2D eigenvalue weighted by Gasteiger charge is -2.16. The van der Waals surface area contributed by atoms with Gasteiger partial charge in [0.2, 0.25) is 0 Å². The van der Waals surface area contributed by atoms with Gasteiger partial charge in [0.05, 0.1) is 5.69 Å². The van der Waals surface area contributed by atoms with Gasteiger partial charge in [-0.1, -0.05) is 23.7 Å². The topological polar surface area (TPSA) is 37.6 Å². The quantitative estimate of drug-likeness (QED) is 0.695. The number of halogens is 1. The summed E-state index contributed by atoms with van der Waals surface area (Å²) in [6.07, 6.45) is 4.45. The van der Waals surface area contributed by atoms with Crippen molar-refractivity contribution < 1.29 is 0 Å². The Morgan fingerprint density at radius 1 is 1.20 bits per heavy atom. The summed E-state index contributed by atoms with van der Waals surface area (Å²) in [5, 5.41) is 0.744. The van der Waals surface area contributed by atoms with Crippen LogP contribution in [0.15, 0.2) is 35.1 Å². The molecule has 0 fully saturated rings. The van der Waals surface area contributed by atoms with Crippen molar-refractivity contribution in [3.8, 4) is 0 Å². The number of benzene rings is 1. The second-order valence-electron chi connectivity index (χ2n) is 6.68. The van der Waals surface area contributed by atoms with E-state index in [2.05, 4.69) is 4.90 Å². The molecule has 0 radical (unpaired) electrons. The minimum Gasteiger partial charge on any atom is -0.296 e. The molecule has 4 nitrogen and oxygen atoms in total. The highest BCUT2D eigenvalue weighted by Gasteiger charge is 2.18. The van der Waals surface area contributed by atoms with Gasteiger partial charge < -0.3 is 0 Å². The predicted molar refractivity (Wildman–Crippen MR) is 103 cm³/mol. The van der Waals surface area contributed by atoms with Gasteiger partial charge in [0.25, 0.3) is 5.56 Å². The molecule has 0 bridgehead atoms. The van der Waals surface area contributed by atoms with Gasteiger partial charge in [0, 0.05) is 34.7 Å². The molecule has 0 aliphatic heterocycles. The molecule has 0 saturated carbocycles. The third-order valence-electron chi connectivity index (χ3n) is 4.61. The van der Waals surface area contributed by atoms with Crippen molar-refractivity contribution in [1.82, 2.24) is 14.3 Å². The molecule has 0 unspecified atom stereocenters. The maximum Gasteiger partial charge on any atom is 0.259 e. The number of hydrogen-bond acceptors (Lipinski definition) is 4. The first-order chi connectivity index (χ1) is 12.1. The van der Waals surface area contributed by atoms with E-state index in [1.165, 1.54) is 22.6 Å². The van der Waals surface area contributed by atoms with E-state index in [0.29, 0.717) is 6.54 Å². The summed E-state index contributed by atoms with van der Waals surface area (Å²) in [5.74, 6) is 0. The molecule has 25 heavy (non-hydrogen) atoms. The summed E-state index contributed by atoms with van der Waals surface area (Å²) in [6.45, 7) is 1.44. The minimum atomic E-state index is 0.0549. The molecule has 130 valence electrons. The van der Waals surface area contributed by atoms with Crippen molar-refractivity contribution in [3.05, 3.63) is 67.5 Å². The van der Waals surface area contributed by atoms with Crippen LogP contribution in [0, 0.1) is 0 Å². The van der Waals surface area contributed by atoms with Crippen molar-refractivity contribution in [2.24, 2.45) is 0 Å². The van der Waals surface area contributed by atoms with Crippen molar-refractivity contribution in [2.45, 2.75) is 38.8 Å². The third-order valence-corrected chi connectivity index (χ3v) is 6.01. The van der Waals surface area contributed by atoms with Crippen LogP contribution < -0.4 is 5.56 Å². The highest BCUT2D eigenvalue weighted by molar-refractivity contribution is 7.17. The van der Waals surface area contributed by atoms with Crippen molar-refractivity contribution in [1.29, 1.82) is 0 Å². The summed E-state index contributed by atoms with van der Waals surface area (Å²) >= 11 is 7.61. The molecule has 0 spiro atoms. The molecule has 1 aliphatic carbocycles. The second kappa shape index (κ2) is 6.90. The fraction of sp³-hybridized carbons (Fsp3) is 0.368. The van der Waals surface area contributed by atoms with Crippen molar-refractivity contribution in [2.75, 3.05) is 7.05 Å². The first-order valence-corrected chi connectivity index (χ1v) is 9.76. The predicted octanol–water partition coefficient (Wildman–Crippen LogP) is 3.92. The fourth-order valence-electron chi connectivity index (χ4n) is 3.46. The zero-order chi connectivity index (χ0) is 17.4. The maximum absolute atomic E-state index is 12.6. The van der Waals surface area contributed by atoms with Gasteiger partial charge in [-0.25, -0.2) is 4.98 Å². The minimum absolute atomic E-state index is 0.0549. The number of rotatable bonds is 4. The molecule has 2 aromatic heterocycles. The molecule has 0 saturated heterocycles. The molecule has 1 aromatic carbocycles. The molecule has 1 aliphatic rings. The monoisotopic (exact) mass is 373 g/mol. The van der Waals surface area contributed by atoms with E-state index < -0.39 is 0 Å². The Bertz CT molecular complexity index is 961. The Kier molecular flexibility index (Phi) is 4.63. The number of hydrogen-bond donors (Lipinski definition) is 0. The van der Waals surface area contributed by atoms with E-state index in [-0.39, 0.29) is 5.56 Å². The second-order valence-corrected chi connectivity index (χ2v) is 8.18. The van der Waals surface area contributed by atoms with Gasteiger partial charge in [-0.15, -0.1) is 11.3 Å². The fourth-order valence-corrected chi connectivity index (χ4v) is 4.81. The van der Waals surface area contributed by atoms with E-state index in [0.717, 1.165) is 41.5 Å². The Morgan fingerprint density at radius 3 is 2.76 bits per heavy atom. The summed E-state index contributed by atoms with van der Waals surface area (Å²) in [6, 6.07) is 9.54. The van der Waals surface area contributed by atoms with Gasteiger partial charge in [-0.3, -0.25) is 14.1 Å². The average molecular weight is 374 g/mol. The molecule has 2 heterocycles. The number of fused-ring (bicyclic) bond motifs is 3. The number of nitrogens with zero attached hydrogens (tertiary/aromatic N) is 3. The van der Waals surface area contributed by atoms with E-state index in [4.69, 9.17) is 16.6 Å². The Hall–Kier alpha value is -1.69. The first kappa shape index (κ1) is 16.8. The molecule has 0 N–H and O–H groups in total. The Morgan fingerprint density at radius 2 is 1.96 bits per heavy atom. The lowest BCUT2D eigenvalue weighted by atomic mass is 10.0. The van der Waals surface area contributed by atoms with Crippen LogP contribution in [-0.4, -0.2) is 21.3 Å². The summed E-state index contributed by atoms with van der Waals surface area (Å²) in [5.41, 5.74) is 3.26. The van der Waals surface area contributed by atoms with Gasteiger partial charge in [0.1, 0.15) is 0 Å². The number of aryl methyl sites for hydroxylation is 2. The maximum atomic E-state index is 12.6. The molecule has 0 amide bonds. The third kappa shape index (κ3) is 3.50. The van der Waals surface area contributed by atoms with E-state index in [1.807, 2.05) is 35.7 Å². The zero-order valence-electron chi connectivity index (χ0n) is 14.2. The molecular formula is C19H20ClN3OS. The largest absolute Gasteiger partial charge is 0.296 e. The summed E-state index contributed by atoms with van der Waals surface area (Å²) in [4.78, 5) is 21.7. The van der Waals surface area contributed by atoms with E-state index in [1.54, 1.807) is 17.4 Å². The van der Waals surface area contributed by atoms with E-state index in [9.17, 15) is 4.79 Å².